The van der Waals surface area contributed by atoms with Crippen molar-refractivity contribution in [1.82, 2.24) is 19.9 Å². The fraction of sp³-hybridized carbons (Fsp3) is 0.292. The molecule has 1 aliphatic carbocycles. The van der Waals surface area contributed by atoms with E-state index in [0.29, 0.717) is 17.6 Å². The Balaban J connectivity index is 1.40. The summed E-state index contributed by atoms with van der Waals surface area (Å²) in [6.07, 6.45) is 8.50. The number of thiazole rings is 1. The first kappa shape index (κ1) is 19.9. The third kappa shape index (κ3) is 4.11. The third-order valence-corrected chi connectivity index (χ3v) is 6.73. The number of hydrogen-bond acceptors (Lipinski definition) is 5. The maximum absolute atomic E-state index is 13.0. The van der Waals surface area contributed by atoms with Gasteiger partial charge in [0.1, 0.15) is 10.5 Å². The Morgan fingerprint density at radius 3 is 2.74 bits per heavy atom. The van der Waals surface area contributed by atoms with Crippen LogP contribution in [0, 0.1) is 0 Å². The number of carbonyl (C=O) groups is 1. The molecule has 6 nitrogen and oxygen atoms in total. The fourth-order valence-corrected chi connectivity index (χ4v) is 4.91. The molecule has 1 aromatic carbocycles. The van der Waals surface area contributed by atoms with Crippen LogP contribution in [0.25, 0.3) is 21.6 Å². The van der Waals surface area contributed by atoms with Crippen LogP contribution in [0.1, 0.15) is 41.6 Å². The number of aliphatic hydroxyl groups is 1. The fourth-order valence-electron chi connectivity index (χ4n) is 4.26. The number of aliphatic hydroxyl groups excluding tert-OH is 1. The van der Waals surface area contributed by atoms with E-state index in [1.807, 2.05) is 29.9 Å². The van der Waals surface area contributed by atoms with Crippen molar-refractivity contribution in [3.05, 3.63) is 71.5 Å². The number of nitrogens with one attached hydrogen (secondary N) is 1. The Morgan fingerprint density at radius 2 is 1.97 bits per heavy atom. The minimum atomic E-state index is -0.477. The molecule has 0 bridgehead atoms. The number of carbonyl (C=O) groups excluding carboxylic acids is 1. The first-order valence-corrected chi connectivity index (χ1v) is 11.5. The average molecular weight is 433 g/mol. The number of hydrogen-bond donors (Lipinski definition) is 2. The standard InChI is InChI=1S/C24H24N4O2S/c29-21-6-2-1-4-19(21)27-23(30)18-15-28(20-5-3-11-25-22(18)20)14-16-7-9-17(10-8-16)24-26-12-13-31-24/h3,5,7-13,15,19,21,29H,1-2,4,6,14H2,(H,27,30)/t19-,21-/m0/s1. The molecule has 0 radical (unpaired) electrons. The topological polar surface area (TPSA) is 80.0 Å². The Bertz CT molecular complexity index is 1180. The summed E-state index contributed by atoms with van der Waals surface area (Å²) in [5.41, 5.74) is 4.39. The van der Waals surface area contributed by atoms with Crippen LogP contribution in [0.3, 0.4) is 0 Å². The van der Waals surface area contributed by atoms with Gasteiger partial charge in [0.15, 0.2) is 0 Å². The van der Waals surface area contributed by atoms with Crippen LogP contribution >= 0.6 is 11.3 Å². The molecule has 3 heterocycles. The molecule has 31 heavy (non-hydrogen) atoms. The molecule has 0 saturated heterocycles. The summed E-state index contributed by atoms with van der Waals surface area (Å²) < 4.78 is 2.06. The minimum Gasteiger partial charge on any atom is -0.391 e. The average Bonchev–Trinajstić information content (AvgIpc) is 3.45. The van der Waals surface area contributed by atoms with Crippen LogP contribution in [-0.2, 0) is 6.54 Å². The predicted molar refractivity (Wildman–Crippen MR) is 122 cm³/mol. The quantitative estimate of drug-likeness (QED) is 0.494. The number of pyridine rings is 1. The van der Waals surface area contributed by atoms with Crippen LogP contribution in [-0.4, -0.2) is 37.7 Å². The van der Waals surface area contributed by atoms with Gasteiger partial charge in [-0.05, 0) is 30.5 Å². The summed E-state index contributed by atoms with van der Waals surface area (Å²) in [6.45, 7) is 0.639. The Kier molecular flexibility index (Phi) is 5.53. The van der Waals surface area contributed by atoms with E-state index in [2.05, 4.69) is 44.1 Å². The first-order valence-electron chi connectivity index (χ1n) is 10.6. The Labute approximate surface area is 184 Å². The summed E-state index contributed by atoms with van der Waals surface area (Å²) in [6, 6.07) is 12.0. The van der Waals surface area contributed by atoms with Crippen molar-refractivity contribution >= 4 is 28.3 Å². The number of rotatable bonds is 5. The van der Waals surface area contributed by atoms with Gasteiger partial charge in [0.05, 0.1) is 23.2 Å². The SMILES string of the molecule is O=C(N[C@H]1CCCC[C@@H]1O)c1cn(Cc2ccc(-c3nccs3)cc2)c2cccnc12. The summed E-state index contributed by atoms with van der Waals surface area (Å²) >= 11 is 1.62. The maximum atomic E-state index is 13.0. The predicted octanol–water partition coefficient (Wildman–Crippen LogP) is 4.24. The smallest absolute Gasteiger partial charge is 0.255 e. The van der Waals surface area contributed by atoms with Gasteiger partial charge < -0.3 is 15.0 Å². The van der Waals surface area contributed by atoms with Crippen LogP contribution in [0.5, 0.6) is 0 Å². The highest BCUT2D eigenvalue weighted by molar-refractivity contribution is 7.13. The molecular formula is C24H24N4O2S. The van der Waals surface area contributed by atoms with Crippen LogP contribution in [0.2, 0.25) is 0 Å². The summed E-state index contributed by atoms with van der Waals surface area (Å²) in [4.78, 5) is 21.9. The molecule has 0 aliphatic heterocycles. The van der Waals surface area contributed by atoms with Crippen molar-refractivity contribution in [3.8, 4) is 10.6 Å². The second-order valence-electron chi connectivity index (χ2n) is 8.01. The molecule has 3 aromatic heterocycles. The van der Waals surface area contributed by atoms with Gasteiger partial charge in [0.25, 0.3) is 5.91 Å². The van der Waals surface area contributed by atoms with E-state index in [-0.39, 0.29) is 11.9 Å². The summed E-state index contributed by atoms with van der Waals surface area (Å²) in [5.74, 6) is -0.174. The molecular weight excluding hydrogens is 408 g/mol. The highest BCUT2D eigenvalue weighted by Crippen LogP contribution is 2.25. The lowest BCUT2D eigenvalue weighted by Gasteiger charge is -2.28. The van der Waals surface area contributed by atoms with E-state index < -0.39 is 6.10 Å². The Morgan fingerprint density at radius 1 is 1.13 bits per heavy atom. The van der Waals surface area contributed by atoms with Crippen LogP contribution in [0.4, 0.5) is 0 Å². The minimum absolute atomic E-state index is 0.174. The molecule has 0 unspecified atom stereocenters. The number of aromatic nitrogens is 3. The van der Waals surface area contributed by atoms with E-state index >= 15 is 0 Å². The lowest BCUT2D eigenvalue weighted by Crippen LogP contribution is -2.45. The largest absolute Gasteiger partial charge is 0.391 e. The number of amides is 1. The molecule has 158 valence electrons. The van der Waals surface area contributed by atoms with Gasteiger partial charge in [0, 0.05) is 36.1 Å². The van der Waals surface area contributed by atoms with E-state index in [1.54, 1.807) is 17.5 Å². The van der Waals surface area contributed by atoms with E-state index in [0.717, 1.165) is 47.3 Å². The monoisotopic (exact) mass is 432 g/mol. The van der Waals surface area contributed by atoms with E-state index in [9.17, 15) is 9.90 Å². The van der Waals surface area contributed by atoms with Gasteiger partial charge in [-0.1, -0.05) is 37.1 Å². The number of fused-ring (bicyclic) bond motifs is 1. The van der Waals surface area contributed by atoms with Gasteiger partial charge >= 0.3 is 0 Å². The van der Waals surface area contributed by atoms with Crippen LogP contribution < -0.4 is 5.32 Å². The molecule has 1 fully saturated rings. The van der Waals surface area contributed by atoms with Crippen molar-refractivity contribution in [2.45, 2.75) is 44.4 Å². The summed E-state index contributed by atoms with van der Waals surface area (Å²) in [7, 11) is 0. The van der Waals surface area contributed by atoms with Crippen molar-refractivity contribution in [2.75, 3.05) is 0 Å². The third-order valence-electron chi connectivity index (χ3n) is 5.91. The molecule has 4 aromatic rings. The van der Waals surface area contributed by atoms with Crippen molar-refractivity contribution < 1.29 is 9.90 Å². The normalized spacial score (nSPS) is 18.9. The molecule has 1 amide bonds. The molecule has 2 N–H and O–H groups in total. The highest BCUT2D eigenvalue weighted by atomic mass is 32.1. The molecule has 1 aliphatic rings. The number of benzene rings is 1. The second-order valence-corrected chi connectivity index (χ2v) is 8.90. The van der Waals surface area contributed by atoms with Gasteiger partial charge in [-0.15, -0.1) is 11.3 Å². The molecule has 7 heteroatoms. The van der Waals surface area contributed by atoms with Gasteiger partial charge in [-0.2, -0.15) is 0 Å². The lowest BCUT2D eigenvalue weighted by atomic mass is 9.92. The zero-order chi connectivity index (χ0) is 21.2. The highest BCUT2D eigenvalue weighted by Gasteiger charge is 2.26. The Hall–Kier alpha value is -3.03. The number of nitrogens with zero attached hydrogens (tertiary/aromatic N) is 3. The summed E-state index contributed by atoms with van der Waals surface area (Å²) in [5, 5.41) is 16.2. The lowest BCUT2D eigenvalue weighted by molar-refractivity contribution is 0.0718. The zero-order valence-electron chi connectivity index (χ0n) is 17.1. The molecule has 2 atom stereocenters. The van der Waals surface area contributed by atoms with E-state index in [4.69, 9.17) is 0 Å². The van der Waals surface area contributed by atoms with E-state index in [1.165, 1.54) is 0 Å². The van der Waals surface area contributed by atoms with Crippen molar-refractivity contribution in [3.63, 3.8) is 0 Å². The second kappa shape index (κ2) is 8.61. The van der Waals surface area contributed by atoms with Crippen LogP contribution in [0.15, 0.2) is 60.4 Å². The van der Waals surface area contributed by atoms with Gasteiger partial charge in [0.2, 0.25) is 0 Å². The van der Waals surface area contributed by atoms with Gasteiger partial charge in [-0.3, -0.25) is 9.78 Å². The molecule has 1 saturated carbocycles. The molecule has 0 spiro atoms. The van der Waals surface area contributed by atoms with Gasteiger partial charge in [-0.25, -0.2) is 4.98 Å². The first-order chi connectivity index (χ1) is 15.2. The molecule has 5 rings (SSSR count). The van der Waals surface area contributed by atoms with Crippen molar-refractivity contribution in [1.29, 1.82) is 0 Å². The van der Waals surface area contributed by atoms with Crippen molar-refractivity contribution in [2.24, 2.45) is 0 Å². The maximum Gasteiger partial charge on any atom is 0.255 e. The zero-order valence-corrected chi connectivity index (χ0v) is 17.9.